The maximum absolute atomic E-state index is 12.7. The predicted molar refractivity (Wildman–Crippen MR) is 119 cm³/mol. The largest absolute Gasteiger partial charge is 0.372 e. The first-order chi connectivity index (χ1) is 14.0. The molecule has 1 aromatic carbocycles. The Morgan fingerprint density at radius 2 is 1.83 bits per heavy atom. The highest BCUT2D eigenvalue weighted by Gasteiger charge is 2.13. The Bertz CT molecular complexity index is 799. The topological polar surface area (TPSA) is 73.4 Å². The SMILES string of the molecule is Cc1nc(NCCCN(C)C)cc(C(=O)Nc2ccc(N3CCCCC3)cc2)n1. The number of piperidine rings is 1. The van der Waals surface area contributed by atoms with Crippen LogP contribution in [0, 0.1) is 6.92 Å². The van der Waals surface area contributed by atoms with Gasteiger partial charge in [-0.15, -0.1) is 0 Å². The Morgan fingerprint density at radius 3 is 2.52 bits per heavy atom. The number of anilines is 3. The van der Waals surface area contributed by atoms with E-state index in [1.54, 1.807) is 13.0 Å². The molecular weight excluding hydrogens is 364 g/mol. The molecule has 0 atom stereocenters. The van der Waals surface area contributed by atoms with Crippen molar-refractivity contribution in [2.75, 3.05) is 55.8 Å². The molecule has 0 radical (unpaired) electrons. The van der Waals surface area contributed by atoms with Gasteiger partial charge >= 0.3 is 0 Å². The van der Waals surface area contributed by atoms with Crippen molar-refractivity contribution in [1.82, 2.24) is 14.9 Å². The number of aromatic nitrogens is 2. The van der Waals surface area contributed by atoms with Crippen LogP contribution in [-0.4, -0.2) is 61.0 Å². The highest BCUT2D eigenvalue weighted by molar-refractivity contribution is 6.03. The van der Waals surface area contributed by atoms with Gasteiger partial charge in [-0.2, -0.15) is 0 Å². The van der Waals surface area contributed by atoms with Crippen molar-refractivity contribution in [1.29, 1.82) is 0 Å². The number of hydrogen-bond acceptors (Lipinski definition) is 6. The molecule has 0 spiro atoms. The monoisotopic (exact) mass is 396 g/mol. The first-order valence-electron chi connectivity index (χ1n) is 10.4. The predicted octanol–water partition coefficient (Wildman–Crippen LogP) is 3.39. The van der Waals surface area contributed by atoms with E-state index in [2.05, 4.69) is 56.6 Å². The van der Waals surface area contributed by atoms with E-state index >= 15 is 0 Å². The van der Waals surface area contributed by atoms with Crippen molar-refractivity contribution < 1.29 is 4.79 Å². The van der Waals surface area contributed by atoms with E-state index in [0.29, 0.717) is 17.3 Å². The summed E-state index contributed by atoms with van der Waals surface area (Å²) in [5.74, 6) is 1.03. The second kappa shape index (κ2) is 10.2. The third-order valence-corrected chi connectivity index (χ3v) is 5.01. The van der Waals surface area contributed by atoms with Crippen LogP contribution in [0.15, 0.2) is 30.3 Å². The van der Waals surface area contributed by atoms with Gasteiger partial charge in [0.25, 0.3) is 5.91 Å². The summed E-state index contributed by atoms with van der Waals surface area (Å²) in [6.45, 7) is 5.81. The molecule has 3 rings (SSSR count). The van der Waals surface area contributed by atoms with Crippen LogP contribution < -0.4 is 15.5 Å². The zero-order chi connectivity index (χ0) is 20.6. The third kappa shape index (κ3) is 6.42. The smallest absolute Gasteiger partial charge is 0.274 e. The van der Waals surface area contributed by atoms with Gasteiger partial charge in [0.1, 0.15) is 17.3 Å². The lowest BCUT2D eigenvalue weighted by atomic mass is 10.1. The zero-order valence-electron chi connectivity index (χ0n) is 17.7. The minimum Gasteiger partial charge on any atom is -0.372 e. The highest BCUT2D eigenvalue weighted by Crippen LogP contribution is 2.22. The van der Waals surface area contributed by atoms with E-state index in [-0.39, 0.29) is 5.91 Å². The molecule has 0 saturated carbocycles. The summed E-state index contributed by atoms with van der Waals surface area (Å²) in [7, 11) is 4.10. The molecule has 1 aromatic heterocycles. The number of carbonyl (C=O) groups is 1. The van der Waals surface area contributed by atoms with Crippen molar-refractivity contribution >= 4 is 23.1 Å². The molecule has 1 fully saturated rings. The van der Waals surface area contributed by atoms with Gasteiger partial charge in [0, 0.05) is 37.1 Å². The number of nitrogens with zero attached hydrogens (tertiary/aromatic N) is 4. The fraction of sp³-hybridized carbons (Fsp3) is 0.500. The number of hydrogen-bond donors (Lipinski definition) is 2. The van der Waals surface area contributed by atoms with Gasteiger partial charge in [0.15, 0.2) is 0 Å². The van der Waals surface area contributed by atoms with Crippen molar-refractivity contribution in [2.24, 2.45) is 0 Å². The Morgan fingerprint density at radius 1 is 1.10 bits per heavy atom. The zero-order valence-corrected chi connectivity index (χ0v) is 17.7. The fourth-order valence-electron chi connectivity index (χ4n) is 3.49. The van der Waals surface area contributed by atoms with E-state index in [1.165, 1.54) is 24.9 Å². The fourth-order valence-corrected chi connectivity index (χ4v) is 3.49. The maximum atomic E-state index is 12.7. The quantitative estimate of drug-likeness (QED) is 0.667. The molecule has 156 valence electrons. The van der Waals surface area contributed by atoms with Crippen molar-refractivity contribution in [3.63, 3.8) is 0 Å². The molecule has 2 heterocycles. The molecule has 1 saturated heterocycles. The lowest BCUT2D eigenvalue weighted by molar-refractivity contribution is 0.102. The van der Waals surface area contributed by atoms with Crippen molar-refractivity contribution in [2.45, 2.75) is 32.6 Å². The molecule has 0 bridgehead atoms. The molecule has 7 heteroatoms. The molecule has 2 aromatic rings. The number of benzene rings is 1. The molecule has 1 amide bonds. The molecule has 0 unspecified atom stereocenters. The summed E-state index contributed by atoms with van der Waals surface area (Å²) in [6.07, 6.45) is 4.81. The second-order valence-corrected chi connectivity index (χ2v) is 7.82. The van der Waals surface area contributed by atoms with Crippen LogP contribution >= 0.6 is 0 Å². The van der Waals surface area contributed by atoms with E-state index < -0.39 is 0 Å². The third-order valence-electron chi connectivity index (χ3n) is 5.01. The highest BCUT2D eigenvalue weighted by atomic mass is 16.1. The number of amides is 1. The molecule has 1 aliphatic heterocycles. The number of nitrogens with one attached hydrogen (secondary N) is 2. The molecule has 2 N–H and O–H groups in total. The van der Waals surface area contributed by atoms with Gasteiger partial charge in [-0.05, 0) is 77.5 Å². The van der Waals surface area contributed by atoms with Crippen LogP contribution in [-0.2, 0) is 0 Å². The van der Waals surface area contributed by atoms with E-state index in [0.717, 1.165) is 38.3 Å². The minimum atomic E-state index is -0.224. The Labute approximate surface area is 173 Å². The van der Waals surface area contributed by atoms with Crippen LogP contribution in [0.2, 0.25) is 0 Å². The van der Waals surface area contributed by atoms with Crippen LogP contribution in [0.1, 0.15) is 42.0 Å². The summed E-state index contributed by atoms with van der Waals surface area (Å²) >= 11 is 0. The second-order valence-electron chi connectivity index (χ2n) is 7.82. The van der Waals surface area contributed by atoms with Gasteiger partial charge in [-0.3, -0.25) is 4.79 Å². The van der Waals surface area contributed by atoms with Crippen LogP contribution in [0.25, 0.3) is 0 Å². The minimum absolute atomic E-state index is 0.224. The standard InChI is InChI=1S/C22H32N6O/c1-17-24-20(16-21(25-17)23-12-7-13-27(2)3)22(29)26-18-8-10-19(11-9-18)28-14-5-4-6-15-28/h8-11,16H,4-7,12-15H2,1-3H3,(H,26,29)(H,23,24,25). The average molecular weight is 397 g/mol. The number of rotatable bonds is 8. The van der Waals surface area contributed by atoms with Gasteiger partial charge < -0.3 is 20.4 Å². The van der Waals surface area contributed by atoms with E-state index in [4.69, 9.17) is 0 Å². The summed E-state index contributed by atoms with van der Waals surface area (Å²) in [6, 6.07) is 9.76. The van der Waals surface area contributed by atoms with E-state index in [1.807, 2.05) is 12.1 Å². The molecular formula is C22H32N6O. The molecule has 1 aliphatic rings. The lowest BCUT2D eigenvalue weighted by Gasteiger charge is -2.28. The Kier molecular flexibility index (Phi) is 7.41. The number of carbonyl (C=O) groups excluding carboxylic acids is 1. The molecule has 7 nitrogen and oxygen atoms in total. The van der Waals surface area contributed by atoms with Gasteiger partial charge in [0.2, 0.25) is 0 Å². The average Bonchev–Trinajstić information content (AvgIpc) is 2.72. The lowest BCUT2D eigenvalue weighted by Crippen LogP contribution is -2.29. The summed E-state index contributed by atoms with van der Waals surface area (Å²) < 4.78 is 0. The summed E-state index contributed by atoms with van der Waals surface area (Å²) in [5, 5.41) is 6.22. The van der Waals surface area contributed by atoms with Gasteiger partial charge in [0.05, 0.1) is 0 Å². The summed E-state index contributed by atoms with van der Waals surface area (Å²) in [4.78, 5) is 25.9. The Balaban J connectivity index is 1.59. The maximum Gasteiger partial charge on any atom is 0.274 e. The van der Waals surface area contributed by atoms with Gasteiger partial charge in [-0.25, -0.2) is 9.97 Å². The summed E-state index contributed by atoms with van der Waals surface area (Å²) in [5.41, 5.74) is 2.35. The number of aryl methyl sites for hydroxylation is 1. The van der Waals surface area contributed by atoms with E-state index in [9.17, 15) is 4.79 Å². The van der Waals surface area contributed by atoms with Crippen LogP contribution in [0.3, 0.4) is 0 Å². The first-order valence-corrected chi connectivity index (χ1v) is 10.4. The molecule has 0 aliphatic carbocycles. The van der Waals surface area contributed by atoms with Crippen LogP contribution in [0.4, 0.5) is 17.2 Å². The first kappa shape index (κ1) is 21.0. The van der Waals surface area contributed by atoms with Gasteiger partial charge in [-0.1, -0.05) is 0 Å². The van der Waals surface area contributed by atoms with Crippen molar-refractivity contribution in [3.8, 4) is 0 Å². The van der Waals surface area contributed by atoms with Crippen molar-refractivity contribution in [3.05, 3.63) is 41.9 Å². The Hall–Kier alpha value is -2.67. The molecule has 29 heavy (non-hydrogen) atoms. The van der Waals surface area contributed by atoms with Crippen LogP contribution in [0.5, 0.6) is 0 Å². The normalized spacial score (nSPS) is 14.1.